The van der Waals surface area contributed by atoms with Crippen LogP contribution in [0.1, 0.15) is 31.9 Å². The monoisotopic (exact) mass is 277 g/mol. The van der Waals surface area contributed by atoms with Gasteiger partial charge in [0.25, 0.3) is 0 Å². The van der Waals surface area contributed by atoms with Crippen molar-refractivity contribution < 1.29 is 9.90 Å². The summed E-state index contributed by atoms with van der Waals surface area (Å²) in [4.78, 5) is 13.6. The van der Waals surface area contributed by atoms with Crippen molar-refractivity contribution in [1.82, 2.24) is 0 Å². The number of hydrogen-bond acceptors (Lipinski definition) is 3. The number of aromatic hydroxyl groups is 1. The number of carbonyl (C=O) groups excluding carboxylic acids is 1. The maximum absolute atomic E-state index is 11.9. The van der Waals surface area contributed by atoms with Crippen LogP contribution in [0.25, 0.3) is 0 Å². The van der Waals surface area contributed by atoms with E-state index in [1.54, 1.807) is 4.90 Å². The number of amides is 1. The number of aryl methyl sites for hydroxylation is 1. The van der Waals surface area contributed by atoms with Gasteiger partial charge in [-0.2, -0.15) is 0 Å². The molecular weight excluding hydrogens is 258 g/mol. The lowest BCUT2D eigenvalue weighted by Crippen LogP contribution is -2.24. The first kappa shape index (κ1) is 14.0. The summed E-state index contributed by atoms with van der Waals surface area (Å²) in [6.07, 6.45) is 0. The van der Waals surface area contributed by atoms with Gasteiger partial charge in [0, 0.05) is 5.56 Å². The Morgan fingerprint density at radius 3 is 2.47 bits per heavy atom. The summed E-state index contributed by atoms with van der Waals surface area (Å²) in [5.41, 5.74) is 2.24. The van der Waals surface area contributed by atoms with Gasteiger partial charge in [0.2, 0.25) is 5.91 Å². The van der Waals surface area contributed by atoms with Gasteiger partial charge in [-0.25, -0.2) is 0 Å². The predicted molar refractivity (Wildman–Crippen MR) is 80.6 cm³/mol. The topological polar surface area (TPSA) is 40.5 Å². The minimum Gasteiger partial charge on any atom is -0.507 e. The highest BCUT2D eigenvalue weighted by Crippen LogP contribution is 2.40. The number of nitrogens with zero attached hydrogens (tertiary/aromatic N) is 1. The number of phenolic OH excluding ortho intramolecular Hbond substituents is 1. The van der Waals surface area contributed by atoms with Gasteiger partial charge < -0.3 is 5.11 Å². The number of hydrogen-bond donors (Lipinski definition) is 1. The average molecular weight is 277 g/mol. The van der Waals surface area contributed by atoms with E-state index in [1.807, 2.05) is 39.8 Å². The zero-order valence-electron chi connectivity index (χ0n) is 11.8. The maximum atomic E-state index is 11.9. The van der Waals surface area contributed by atoms with Crippen molar-refractivity contribution in [2.24, 2.45) is 0 Å². The summed E-state index contributed by atoms with van der Waals surface area (Å²) in [6, 6.07) is 3.72. The molecule has 0 saturated carbocycles. The molecule has 1 heterocycles. The van der Waals surface area contributed by atoms with Gasteiger partial charge in [0.15, 0.2) is 0 Å². The van der Waals surface area contributed by atoms with Gasteiger partial charge in [0.05, 0.1) is 16.5 Å². The van der Waals surface area contributed by atoms with E-state index >= 15 is 0 Å². The highest BCUT2D eigenvalue weighted by atomic mass is 32.2. The molecule has 1 aromatic carbocycles. The molecule has 0 spiro atoms. The SMILES string of the molecule is C=C1SCC(=O)N1c1cc(C)c(O)c(C(C)(C)C)c1. The van der Waals surface area contributed by atoms with E-state index in [1.165, 1.54) is 11.8 Å². The summed E-state index contributed by atoms with van der Waals surface area (Å²) < 4.78 is 0. The van der Waals surface area contributed by atoms with Crippen LogP contribution in [0.3, 0.4) is 0 Å². The number of thioether (sulfide) groups is 1. The maximum Gasteiger partial charge on any atom is 0.242 e. The molecule has 1 aliphatic rings. The fourth-order valence-corrected chi connectivity index (χ4v) is 2.92. The second-order valence-electron chi connectivity index (χ2n) is 5.82. The van der Waals surface area contributed by atoms with Crippen LogP contribution in [0.15, 0.2) is 23.7 Å². The summed E-state index contributed by atoms with van der Waals surface area (Å²) in [5, 5.41) is 10.9. The lowest BCUT2D eigenvalue weighted by Gasteiger charge is -2.25. The van der Waals surface area contributed by atoms with Crippen LogP contribution >= 0.6 is 11.8 Å². The minimum atomic E-state index is -0.178. The van der Waals surface area contributed by atoms with Crippen molar-refractivity contribution in [2.75, 3.05) is 10.7 Å². The van der Waals surface area contributed by atoms with Gasteiger partial charge in [-0.15, -0.1) is 0 Å². The fraction of sp³-hybridized carbons (Fsp3) is 0.400. The van der Waals surface area contributed by atoms with Gasteiger partial charge in [-0.05, 0) is 30.0 Å². The van der Waals surface area contributed by atoms with E-state index in [4.69, 9.17) is 0 Å². The van der Waals surface area contributed by atoms with Crippen LogP contribution in [-0.2, 0) is 10.2 Å². The zero-order valence-corrected chi connectivity index (χ0v) is 12.6. The molecule has 1 saturated heterocycles. The van der Waals surface area contributed by atoms with E-state index in [-0.39, 0.29) is 11.3 Å². The molecule has 1 aliphatic heterocycles. The van der Waals surface area contributed by atoms with E-state index in [2.05, 4.69) is 6.58 Å². The molecule has 0 aromatic heterocycles. The molecular formula is C15H19NO2S. The molecule has 0 aliphatic carbocycles. The Morgan fingerprint density at radius 2 is 2.00 bits per heavy atom. The zero-order chi connectivity index (χ0) is 14.4. The van der Waals surface area contributed by atoms with E-state index in [9.17, 15) is 9.90 Å². The second kappa shape index (κ2) is 4.60. The number of anilines is 1. The van der Waals surface area contributed by atoms with Crippen molar-refractivity contribution in [3.8, 4) is 5.75 Å². The summed E-state index contributed by atoms with van der Waals surface area (Å²) >= 11 is 1.45. The normalized spacial score (nSPS) is 16.3. The molecule has 3 nitrogen and oxygen atoms in total. The van der Waals surface area contributed by atoms with Crippen LogP contribution in [0.4, 0.5) is 5.69 Å². The molecule has 1 amide bonds. The lowest BCUT2D eigenvalue weighted by molar-refractivity contribution is -0.115. The van der Waals surface area contributed by atoms with Gasteiger partial charge in [-0.3, -0.25) is 9.69 Å². The summed E-state index contributed by atoms with van der Waals surface area (Å²) in [7, 11) is 0. The van der Waals surface area contributed by atoms with Crippen LogP contribution in [0, 0.1) is 6.92 Å². The first-order chi connectivity index (χ1) is 8.71. The largest absolute Gasteiger partial charge is 0.507 e. The third-order valence-corrected chi connectivity index (χ3v) is 4.12. The molecule has 4 heteroatoms. The van der Waals surface area contributed by atoms with Crippen LogP contribution in [0.2, 0.25) is 0 Å². The Bertz CT molecular complexity index is 542. The third-order valence-electron chi connectivity index (χ3n) is 3.21. The fourth-order valence-electron chi connectivity index (χ4n) is 2.16. The minimum absolute atomic E-state index is 0.0416. The first-order valence-corrected chi connectivity index (χ1v) is 7.19. The molecule has 1 fully saturated rings. The second-order valence-corrected chi connectivity index (χ2v) is 6.87. The third kappa shape index (κ3) is 2.50. The number of rotatable bonds is 1. The van der Waals surface area contributed by atoms with Gasteiger partial charge in [-0.1, -0.05) is 39.1 Å². The molecule has 0 radical (unpaired) electrons. The van der Waals surface area contributed by atoms with Gasteiger partial charge in [0.1, 0.15) is 5.75 Å². The van der Waals surface area contributed by atoms with Crippen LogP contribution in [-0.4, -0.2) is 16.8 Å². The van der Waals surface area contributed by atoms with Crippen LogP contribution in [0.5, 0.6) is 5.75 Å². The predicted octanol–water partition coefficient (Wildman–Crippen LogP) is 3.55. The molecule has 102 valence electrons. The van der Waals surface area contributed by atoms with E-state index in [0.29, 0.717) is 11.5 Å². The van der Waals surface area contributed by atoms with Crippen LogP contribution < -0.4 is 4.90 Å². The highest BCUT2D eigenvalue weighted by Gasteiger charge is 2.29. The van der Waals surface area contributed by atoms with Gasteiger partial charge >= 0.3 is 0 Å². The molecule has 0 bridgehead atoms. The van der Waals surface area contributed by atoms with Crippen molar-refractivity contribution >= 4 is 23.4 Å². The first-order valence-electron chi connectivity index (χ1n) is 6.20. The van der Waals surface area contributed by atoms with Crippen molar-refractivity contribution in [1.29, 1.82) is 0 Å². The van der Waals surface area contributed by atoms with Crippen molar-refractivity contribution in [2.45, 2.75) is 33.1 Å². The van der Waals surface area contributed by atoms with E-state index in [0.717, 1.165) is 21.8 Å². The molecule has 0 atom stereocenters. The lowest BCUT2D eigenvalue weighted by atomic mass is 9.85. The number of carbonyl (C=O) groups is 1. The number of phenols is 1. The Morgan fingerprint density at radius 1 is 1.37 bits per heavy atom. The van der Waals surface area contributed by atoms with Crippen molar-refractivity contribution in [3.05, 3.63) is 34.9 Å². The smallest absolute Gasteiger partial charge is 0.242 e. The average Bonchev–Trinajstić information content (AvgIpc) is 2.61. The highest BCUT2D eigenvalue weighted by molar-refractivity contribution is 8.04. The molecule has 19 heavy (non-hydrogen) atoms. The molecule has 1 aromatic rings. The van der Waals surface area contributed by atoms with Crippen molar-refractivity contribution in [3.63, 3.8) is 0 Å². The molecule has 1 N–H and O–H groups in total. The standard InChI is InChI=1S/C15H19NO2S/c1-9-6-11(16-10(2)19-8-13(16)17)7-12(14(9)18)15(3,4)5/h6-7,18H,2,8H2,1,3-5H3. The Labute approximate surface area is 118 Å². The Balaban J connectivity index is 2.57. The Kier molecular flexibility index (Phi) is 3.39. The molecule has 2 rings (SSSR count). The molecule has 0 unspecified atom stereocenters. The quantitative estimate of drug-likeness (QED) is 0.853. The van der Waals surface area contributed by atoms with E-state index < -0.39 is 0 Å². The number of benzene rings is 1. The Hall–Kier alpha value is -1.42. The summed E-state index contributed by atoms with van der Waals surface area (Å²) in [5.74, 6) is 0.782. The summed E-state index contributed by atoms with van der Waals surface area (Å²) in [6.45, 7) is 11.9.